The van der Waals surface area contributed by atoms with Gasteiger partial charge < -0.3 is 4.90 Å². The summed E-state index contributed by atoms with van der Waals surface area (Å²) >= 11 is 0. The molecule has 2 rings (SSSR count). The predicted molar refractivity (Wildman–Crippen MR) is 41.1 cm³/mol. The van der Waals surface area contributed by atoms with Gasteiger partial charge in [0.15, 0.2) is 0 Å². The van der Waals surface area contributed by atoms with E-state index < -0.39 is 0 Å². The maximum atomic E-state index is 3.91. The normalized spacial score (nSPS) is 25.0. The van der Waals surface area contributed by atoms with Gasteiger partial charge in [0.2, 0.25) is 0 Å². The Kier molecular flexibility index (Phi) is 1.62. The maximum Gasteiger partial charge on any atom is 0.0692 e. The number of aromatic nitrogens is 3. The first kappa shape index (κ1) is 6.79. The molecule has 0 N–H and O–H groups in total. The fraction of sp³-hybridized carbons (Fsp3) is 0.714. The van der Waals surface area contributed by atoms with E-state index in [-0.39, 0.29) is 0 Å². The van der Waals surface area contributed by atoms with Crippen LogP contribution in [0.5, 0.6) is 0 Å². The second kappa shape index (κ2) is 2.62. The van der Waals surface area contributed by atoms with Gasteiger partial charge in [-0.15, -0.1) is 5.10 Å². The zero-order chi connectivity index (χ0) is 7.68. The molecular formula is C7H12N4. The van der Waals surface area contributed by atoms with Crippen LogP contribution in [0.4, 0.5) is 0 Å². The highest BCUT2D eigenvalue weighted by Crippen LogP contribution is 2.15. The largest absolute Gasteiger partial charge is 0.301 e. The molecule has 0 radical (unpaired) electrons. The molecule has 1 fully saturated rings. The highest BCUT2D eigenvalue weighted by molar-refractivity contribution is 4.80. The lowest BCUT2D eigenvalue weighted by molar-refractivity contribution is 0.106. The Morgan fingerprint density at radius 3 is 3.00 bits per heavy atom. The molecule has 1 saturated heterocycles. The van der Waals surface area contributed by atoms with Crippen LogP contribution in [0, 0.1) is 0 Å². The number of rotatable bonds is 2. The highest BCUT2D eigenvalue weighted by Gasteiger charge is 2.24. The maximum absolute atomic E-state index is 3.91. The molecule has 60 valence electrons. The SMILES string of the molecule is CN1CCC1Cn1ccnn1. The van der Waals surface area contributed by atoms with E-state index in [1.807, 2.05) is 10.9 Å². The van der Waals surface area contributed by atoms with Gasteiger partial charge in [-0.25, -0.2) is 0 Å². The van der Waals surface area contributed by atoms with Gasteiger partial charge in [0.25, 0.3) is 0 Å². The summed E-state index contributed by atoms with van der Waals surface area (Å²) in [7, 11) is 2.14. The molecule has 4 nitrogen and oxygen atoms in total. The van der Waals surface area contributed by atoms with Crippen LogP contribution in [0.1, 0.15) is 6.42 Å². The highest BCUT2D eigenvalue weighted by atomic mass is 15.4. The van der Waals surface area contributed by atoms with Gasteiger partial charge in [0, 0.05) is 12.2 Å². The van der Waals surface area contributed by atoms with Gasteiger partial charge in [0.1, 0.15) is 0 Å². The van der Waals surface area contributed by atoms with Gasteiger partial charge in [-0.05, 0) is 20.0 Å². The van der Waals surface area contributed by atoms with Crippen LogP contribution in [0.2, 0.25) is 0 Å². The number of hydrogen-bond acceptors (Lipinski definition) is 3. The third kappa shape index (κ3) is 1.26. The molecule has 1 aliphatic rings. The minimum Gasteiger partial charge on any atom is -0.301 e. The van der Waals surface area contributed by atoms with E-state index in [4.69, 9.17) is 0 Å². The average molecular weight is 152 g/mol. The number of likely N-dealkylation sites (tertiary alicyclic amines) is 1. The minimum atomic E-state index is 0.677. The van der Waals surface area contributed by atoms with Crippen molar-refractivity contribution in [1.82, 2.24) is 19.9 Å². The van der Waals surface area contributed by atoms with Crippen LogP contribution in [0.25, 0.3) is 0 Å². The molecule has 4 heteroatoms. The van der Waals surface area contributed by atoms with E-state index in [0.717, 1.165) is 6.54 Å². The molecule has 0 bridgehead atoms. The molecule has 0 aromatic carbocycles. The Morgan fingerprint density at radius 2 is 2.55 bits per heavy atom. The molecule has 0 spiro atoms. The summed E-state index contributed by atoms with van der Waals surface area (Å²) in [6, 6.07) is 0.677. The zero-order valence-electron chi connectivity index (χ0n) is 6.64. The summed E-state index contributed by atoms with van der Waals surface area (Å²) in [6.45, 7) is 2.20. The third-order valence-electron chi connectivity index (χ3n) is 2.31. The van der Waals surface area contributed by atoms with E-state index in [9.17, 15) is 0 Å². The first-order chi connectivity index (χ1) is 5.36. The third-order valence-corrected chi connectivity index (χ3v) is 2.31. The number of likely N-dealkylation sites (N-methyl/N-ethyl adjacent to an activating group) is 1. The molecule has 1 aliphatic heterocycles. The fourth-order valence-corrected chi connectivity index (χ4v) is 1.35. The van der Waals surface area contributed by atoms with E-state index in [2.05, 4.69) is 22.3 Å². The Balaban J connectivity index is 1.91. The second-order valence-electron chi connectivity index (χ2n) is 3.05. The topological polar surface area (TPSA) is 34.0 Å². The summed E-state index contributed by atoms with van der Waals surface area (Å²) in [5, 5.41) is 7.67. The van der Waals surface area contributed by atoms with Crippen LogP contribution in [-0.4, -0.2) is 39.5 Å². The monoisotopic (exact) mass is 152 g/mol. The Morgan fingerprint density at radius 1 is 1.64 bits per heavy atom. The first-order valence-electron chi connectivity index (χ1n) is 3.90. The van der Waals surface area contributed by atoms with Crippen molar-refractivity contribution in [3.8, 4) is 0 Å². The average Bonchev–Trinajstić information content (AvgIpc) is 2.49. The minimum absolute atomic E-state index is 0.677. The lowest BCUT2D eigenvalue weighted by Gasteiger charge is -2.37. The van der Waals surface area contributed by atoms with Crippen molar-refractivity contribution in [2.24, 2.45) is 0 Å². The quantitative estimate of drug-likeness (QED) is 0.597. The summed E-state index contributed by atoms with van der Waals surface area (Å²) in [5.41, 5.74) is 0. The van der Waals surface area contributed by atoms with Crippen LogP contribution in [-0.2, 0) is 6.54 Å². The van der Waals surface area contributed by atoms with Gasteiger partial charge in [0.05, 0.1) is 12.7 Å². The molecule has 0 amide bonds. The molecule has 11 heavy (non-hydrogen) atoms. The number of hydrogen-bond donors (Lipinski definition) is 0. The summed E-state index contributed by atoms with van der Waals surface area (Å²) in [6.07, 6.45) is 4.92. The van der Waals surface area contributed by atoms with Crippen molar-refractivity contribution in [3.05, 3.63) is 12.4 Å². The van der Waals surface area contributed by atoms with Crippen molar-refractivity contribution in [2.45, 2.75) is 19.0 Å². The molecular weight excluding hydrogens is 140 g/mol. The van der Waals surface area contributed by atoms with Crippen molar-refractivity contribution in [1.29, 1.82) is 0 Å². The standard InChI is InChI=1S/C7H12N4/c1-10-4-2-7(10)6-11-5-3-8-9-11/h3,5,7H,2,4,6H2,1H3. The molecule has 1 unspecified atom stereocenters. The van der Waals surface area contributed by atoms with E-state index in [1.54, 1.807) is 6.20 Å². The fourth-order valence-electron chi connectivity index (χ4n) is 1.35. The van der Waals surface area contributed by atoms with Crippen molar-refractivity contribution < 1.29 is 0 Å². The Hall–Kier alpha value is -0.900. The van der Waals surface area contributed by atoms with Gasteiger partial charge >= 0.3 is 0 Å². The van der Waals surface area contributed by atoms with Gasteiger partial charge in [-0.3, -0.25) is 4.68 Å². The summed E-state index contributed by atoms with van der Waals surface area (Å²) in [5.74, 6) is 0. The van der Waals surface area contributed by atoms with E-state index in [0.29, 0.717) is 6.04 Å². The lowest BCUT2D eigenvalue weighted by atomic mass is 10.1. The number of nitrogens with zero attached hydrogens (tertiary/aromatic N) is 4. The second-order valence-corrected chi connectivity index (χ2v) is 3.05. The van der Waals surface area contributed by atoms with E-state index in [1.165, 1.54) is 13.0 Å². The molecule has 0 aliphatic carbocycles. The molecule has 2 heterocycles. The lowest BCUT2D eigenvalue weighted by Crippen LogP contribution is -2.47. The van der Waals surface area contributed by atoms with Gasteiger partial charge in [-0.1, -0.05) is 5.21 Å². The van der Waals surface area contributed by atoms with Crippen LogP contribution >= 0.6 is 0 Å². The van der Waals surface area contributed by atoms with E-state index >= 15 is 0 Å². The Labute approximate surface area is 65.8 Å². The molecule has 1 aromatic heterocycles. The van der Waals surface area contributed by atoms with Crippen LogP contribution in [0.15, 0.2) is 12.4 Å². The summed E-state index contributed by atoms with van der Waals surface area (Å²) in [4.78, 5) is 2.34. The predicted octanol–water partition coefficient (Wildman–Crippen LogP) is -0.0178. The Bertz CT molecular complexity index is 218. The molecule has 0 saturated carbocycles. The first-order valence-corrected chi connectivity index (χ1v) is 3.90. The summed E-state index contributed by atoms with van der Waals surface area (Å²) < 4.78 is 1.89. The van der Waals surface area contributed by atoms with Crippen LogP contribution < -0.4 is 0 Å². The molecule has 1 aromatic rings. The zero-order valence-corrected chi connectivity index (χ0v) is 6.64. The van der Waals surface area contributed by atoms with Crippen molar-refractivity contribution in [3.63, 3.8) is 0 Å². The molecule has 1 atom stereocenters. The van der Waals surface area contributed by atoms with Crippen molar-refractivity contribution in [2.75, 3.05) is 13.6 Å². The van der Waals surface area contributed by atoms with Gasteiger partial charge in [-0.2, -0.15) is 0 Å². The van der Waals surface area contributed by atoms with Crippen LogP contribution in [0.3, 0.4) is 0 Å². The smallest absolute Gasteiger partial charge is 0.0692 e. The van der Waals surface area contributed by atoms with Crippen molar-refractivity contribution >= 4 is 0 Å².